The van der Waals surface area contributed by atoms with Crippen molar-refractivity contribution in [1.29, 1.82) is 0 Å². The highest BCUT2D eigenvalue weighted by Crippen LogP contribution is 2.24. The number of likely N-dealkylation sites (N-methyl/N-ethyl adjacent to an activating group) is 1. The quantitative estimate of drug-likeness (QED) is 0.463. The van der Waals surface area contributed by atoms with Gasteiger partial charge in [-0.05, 0) is 18.8 Å². The average Bonchev–Trinajstić information content (AvgIpc) is 2.55. The molecule has 0 atom stereocenters. The van der Waals surface area contributed by atoms with Gasteiger partial charge in [0, 0.05) is 13.6 Å². The Hall–Kier alpha value is -0.860. The lowest BCUT2D eigenvalue weighted by molar-refractivity contribution is -0.138. The van der Waals surface area contributed by atoms with Crippen molar-refractivity contribution < 1.29 is 9.59 Å². The van der Waals surface area contributed by atoms with Crippen molar-refractivity contribution in [3.05, 3.63) is 0 Å². The SMILES string of the molecule is CN(CC1CCCC1)C(=O)C=O. The van der Waals surface area contributed by atoms with Crippen LogP contribution in [-0.4, -0.2) is 30.7 Å². The Labute approximate surface area is 72.7 Å². The van der Waals surface area contributed by atoms with E-state index in [4.69, 9.17) is 0 Å². The second-order valence-electron chi connectivity index (χ2n) is 3.49. The second-order valence-corrected chi connectivity index (χ2v) is 3.49. The number of aldehydes is 1. The third-order valence-electron chi connectivity index (χ3n) is 2.48. The van der Waals surface area contributed by atoms with Crippen molar-refractivity contribution in [2.75, 3.05) is 13.6 Å². The molecule has 1 rings (SSSR count). The Morgan fingerprint density at radius 1 is 1.50 bits per heavy atom. The van der Waals surface area contributed by atoms with Crippen molar-refractivity contribution in [2.24, 2.45) is 5.92 Å². The van der Waals surface area contributed by atoms with Crippen LogP contribution in [0.4, 0.5) is 0 Å². The normalized spacial score (nSPS) is 17.8. The molecule has 0 unspecified atom stereocenters. The first-order chi connectivity index (χ1) is 5.74. The van der Waals surface area contributed by atoms with Crippen LogP contribution in [0.5, 0.6) is 0 Å². The van der Waals surface area contributed by atoms with E-state index in [-0.39, 0.29) is 0 Å². The summed E-state index contributed by atoms with van der Waals surface area (Å²) >= 11 is 0. The molecule has 1 fully saturated rings. The predicted molar refractivity (Wildman–Crippen MR) is 45.7 cm³/mol. The van der Waals surface area contributed by atoms with Crippen LogP contribution >= 0.6 is 0 Å². The summed E-state index contributed by atoms with van der Waals surface area (Å²) in [6, 6.07) is 0. The number of rotatable bonds is 3. The number of nitrogens with zero attached hydrogens (tertiary/aromatic N) is 1. The van der Waals surface area contributed by atoms with Gasteiger partial charge in [0.15, 0.2) is 0 Å². The fourth-order valence-electron chi connectivity index (χ4n) is 1.76. The molecule has 3 nitrogen and oxygen atoms in total. The first-order valence-electron chi connectivity index (χ1n) is 4.44. The summed E-state index contributed by atoms with van der Waals surface area (Å²) in [4.78, 5) is 22.5. The van der Waals surface area contributed by atoms with Gasteiger partial charge in [-0.1, -0.05) is 12.8 Å². The minimum atomic E-state index is -0.401. The standard InChI is InChI=1S/C9H15NO2/c1-10(9(12)7-11)6-8-4-2-3-5-8/h7-8H,2-6H2,1H3. The first-order valence-corrected chi connectivity index (χ1v) is 4.44. The lowest BCUT2D eigenvalue weighted by Crippen LogP contribution is -2.31. The zero-order valence-electron chi connectivity index (χ0n) is 7.45. The van der Waals surface area contributed by atoms with E-state index in [2.05, 4.69) is 0 Å². The maximum atomic E-state index is 10.9. The van der Waals surface area contributed by atoms with Crippen molar-refractivity contribution in [3.63, 3.8) is 0 Å². The van der Waals surface area contributed by atoms with Crippen molar-refractivity contribution in [2.45, 2.75) is 25.7 Å². The summed E-state index contributed by atoms with van der Waals surface area (Å²) in [5.74, 6) is 0.223. The largest absolute Gasteiger partial charge is 0.339 e. The van der Waals surface area contributed by atoms with Crippen LogP contribution < -0.4 is 0 Å². The summed E-state index contributed by atoms with van der Waals surface area (Å²) < 4.78 is 0. The van der Waals surface area contributed by atoms with Gasteiger partial charge < -0.3 is 4.90 Å². The van der Waals surface area contributed by atoms with Crippen molar-refractivity contribution in [3.8, 4) is 0 Å². The maximum Gasteiger partial charge on any atom is 0.286 e. The zero-order chi connectivity index (χ0) is 8.97. The van der Waals surface area contributed by atoms with Crippen LogP contribution in [-0.2, 0) is 9.59 Å². The molecule has 0 radical (unpaired) electrons. The molecule has 0 saturated heterocycles. The van der Waals surface area contributed by atoms with E-state index in [1.165, 1.54) is 30.6 Å². The van der Waals surface area contributed by atoms with Crippen LogP contribution in [0.25, 0.3) is 0 Å². The molecular formula is C9H15NO2. The van der Waals surface area contributed by atoms with Gasteiger partial charge in [0.2, 0.25) is 6.29 Å². The molecule has 0 N–H and O–H groups in total. The molecule has 1 amide bonds. The smallest absolute Gasteiger partial charge is 0.286 e. The number of hydrogen-bond acceptors (Lipinski definition) is 2. The van der Waals surface area contributed by atoms with Gasteiger partial charge in [0.1, 0.15) is 0 Å². The summed E-state index contributed by atoms with van der Waals surface area (Å²) in [5, 5.41) is 0. The molecule has 0 aromatic rings. The zero-order valence-corrected chi connectivity index (χ0v) is 7.45. The molecule has 0 heterocycles. The Morgan fingerprint density at radius 3 is 2.58 bits per heavy atom. The maximum absolute atomic E-state index is 10.9. The van der Waals surface area contributed by atoms with E-state index in [0.717, 1.165) is 6.54 Å². The highest BCUT2D eigenvalue weighted by molar-refractivity contribution is 6.23. The highest BCUT2D eigenvalue weighted by Gasteiger charge is 2.18. The van der Waals surface area contributed by atoms with Crippen LogP contribution in [0.3, 0.4) is 0 Å². The molecule has 1 aliphatic carbocycles. The topological polar surface area (TPSA) is 37.4 Å². The lowest BCUT2D eigenvalue weighted by atomic mass is 10.1. The lowest BCUT2D eigenvalue weighted by Gasteiger charge is -2.18. The van der Waals surface area contributed by atoms with Crippen molar-refractivity contribution >= 4 is 12.2 Å². The fraction of sp³-hybridized carbons (Fsp3) is 0.778. The minimum absolute atomic E-state index is 0.384. The molecule has 68 valence electrons. The average molecular weight is 169 g/mol. The van der Waals surface area contributed by atoms with Crippen LogP contribution in [0.15, 0.2) is 0 Å². The predicted octanol–water partition coefficient (Wildman–Crippen LogP) is 0.834. The van der Waals surface area contributed by atoms with E-state index in [1.54, 1.807) is 7.05 Å². The third kappa shape index (κ3) is 2.32. The first kappa shape index (κ1) is 9.23. The molecule has 0 spiro atoms. The molecule has 1 saturated carbocycles. The van der Waals surface area contributed by atoms with Crippen LogP contribution in [0.1, 0.15) is 25.7 Å². The van der Waals surface area contributed by atoms with E-state index in [1.807, 2.05) is 0 Å². The Bertz CT molecular complexity index is 173. The van der Waals surface area contributed by atoms with Gasteiger partial charge in [-0.25, -0.2) is 0 Å². The van der Waals surface area contributed by atoms with Gasteiger partial charge >= 0.3 is 0 Å². The molecule has 3 heteroatoms. The number of amides is 1. The second kappa shape index (κ2) is 4.24. The number of carbonyl (C=O) groups excluding carboxylic acids is 2. The van der Waals surface area contributed by atoms with E-state index in [0.29, 0.717) is 12.2 Å². The van der Waals surface area contributed by atoms with Gasteiger partial charge in [0.25, 0.3) is 5.91 Å². The Morgan fingerprint density at radius 2 is 2.08 bits per heavy atom. The minimum Gasteiger partial charge on any atom is -0.339 e. The molecule has 0 aromatic heterocycles. The summed E-state index contributed by atoms with van der Waals surface area (Å²) in [6.45, 7) is 0.748. The van der Waals surface area contributed by atoms with Gasteiger partial charge in [-0.15, -0.1) is 0 Å². The van der Waals surface area contributed by atoms with E-state index >= 15 is 0 Å². The molecule has 12 heavy (non-hydrogen) atoms. The number of carbonyl (C=O) groups is 2. The highest BCUT2D eigenvalue weighted by atomic mass is 16.2. The molecule has 0 aromatic carbocycles. The van der Waals surface area contributed by atoms with Crippen LogP contribution in [0, 0.1) is 5.92 Å². The Kier molecular flexibility index (Phi) is 3.26. The number of hydrogen-bond donors (Lipinski definition) is 0. The van der Waals surface area contributed by atoms with Crippen molar-refractivity contribution in [1.82, 2.24) is 4.90 Å². The monoisotopic (exact) mass is 169 g/mol. The van der Waals surface area contributed by atoms with E-state index in [9.17, 15) is 9.59 Å². The molecule has 0 bridgehead atoms. The molecular weight excluding hydrogens is 154 g/mol. The van der Waals surface area contributed by atoms with E-state index < -0.39 is 5.91 Å². The van der Waals surface area contributed by atoms with Gasteiger partial charge in [0.05, 0.1) is 0 Å². The van der Waals surface area contributed by atoms with Gasteiger partial charge in [-0.3, -0.25) is 9.59 Å². The Balaban J connectivity index is 2.29. The molecule has 1 aliphatic rings. The third-order valence-corrected chi connectivity index (χ3v) is 2.48. The summed E-state index contributed by atoms with van der Waals surface area (Å²) in [7, 11) is 1.69. The van der Waals surface area contributed by atoms with Gasteiger partial charge in [-0.2, -0.15) is 0 Å². The molecule has 0 aliphatic heterocycles. The summed E-state index contributed by atoms with van der Waals surface area (Å²) in [5.41, 5.74) is 0. The fourth-order valence-corrected chi connectivity index (χ4v) is 1.76. The van der Waals surface area contributed by atoms with Crippen LogP contribution in [0.2, 0.25) is 0 Å². The summed E-state index contributed by atoms with van der Waals surface area (Å²) in [6.07, 6.45) is 5.34.